The van der Waals surface area contributed by atoms with Gasteiger partial charge in [-0.25, -0.2) is 0 Å². The first-order valence-electron chi connectivity index (χ1n) is 6.35. The van der Waals surface area contributed by atoms with Crippen molar-refractivity contribution in [3.8, 4) is 0 Å². The van der Waals surface area contributed by atoms with Crippen LogP contribution in [0.4, 0.5) is 0 Å². The first-order chi connectivity index (χ1) is 9.13. The molecule has 4 nitrogen and oxygen atoms in total. The molecule has 98 valence electrons. The molecule has 1 fully saturated rings. The van der Waals surface area contributed by atoms with Gasteiger partial charge >= 0.3 is 0 Å². The van der Waals surface area contributed by atoms with Gasteiger partial charge in [0.1, 0.15) is 0 Å². The zero-order valence-electron chi connectivity index (χ0n) is 10.8. The van der Waals surface area contributed by atoms with Crippen molar-refractivity contribution in [2.45, 2.75) is 13.0 Å². The molecule has 2 heterocycles. The SMILES string of the molecule is CC1(C(=O)c2cccc3cccnc23)COCC1N. The fourth-order valence-electron chi connectivity index (χ4n) is 2.52. The Morgan fingerprint density at radius 1 is 1.42 bits per heavy atom. The molecule has 2 atom stereocenters. The Morgan fingerprint density at radius 3 is 2.95 bits per heavy atom. The van der Waals surface area contributed by atoms with Gasteiger partial charge in [0, 0.05) is 23.2 Å². The fraction of sp³-hybridized carbons (Fsp3) is 0.333. The van der Waals surface area contributed by atoms with Crippen LogP contribution in [0.2, 0.25) is 0 Å². The lowest BCUT2D eigenvalue weighted by atomic mass is 9.78. The van der Waals surface area contributed by atoms with Crippen LogP contribution in [0.3, 0.4) is 0 Å². The molecule has 2 unspecified atom stereocenters. The minimum atomic E-state index is -0.661. The molecular formula is C15H16N2O2. The van der Waals surface area contributed by atoms with E-state index in [0.29, 0.717) is 18.8 Å². The highest BCUT2D eigenvalue weighted by atomic mass is 16.5. The summed E-state index contributed by atoms with van der Waals surface area (Å²) < 4.78 is 5.36. The molecule has 0 bridgehead atoms. The van der Waals surface area contributed by atoms with Gasteiger partial charge < -0.3 is 10.5 Å². The van der Waals surface area contributed by atoms with Crippen LogP contribution in [0.1, 0.15) is 17.3 Å². The Bertz CT molecular complexity index is 636. The number of fused-ring (bicyclic) bond motifs is 1. The number of aromatic nitrogens is 1. The van der Waals surface area contributed by atoms with Gasteiger partial charge in [-0.2, -0.15) is 0 Å². The van der Waals surface area contributed by atoms with E-state index in [-0.39, 0.29) is 11.8 Å². The molecule has 4 heteroatoms. The summed E-state index contributed by atoms with van der Waals surface area (Å²) in [6.45, 7) is 2.67. The average molecular weight is 256 g/mol. The molecule has 1 aromatic carbocycles. The standard InChI is InChI=1S/C15H16N2O2/c1-15(9-19-8-12(15)16)14(18)11-6-2-4-10-5-3-7-17-13(10)11/h2-7,12H,8-9,16H2,1H3. The van der Waals surface area contributed by atoms with Crippen LogP contribution >= 0.6 is 0 Å². The van der Waals surface area contributed by atoms with Crippen LogP contribution in [0.15, 0.2) is 36.5 Å². The first kappa shape index (κ1) is 12.3. The smallest absolute Gasteiger partial charge is 0.174 e. The summed E-state index contributed by atoms with van der Waals surface area (Å²) in [6, 6.07) is 9.19. The third-order valence-corrected chi connectivity index (χ3v) is 3.91. The van der Waals surface area contributed by atoms with E-state index in [0.717, 1.165) is 10.9 Å². The number of carbonyl (C=O) groups excluding carboxylic acids is 1. The van der Waals surface area contributed by atoms with Gasteiger partial charge in [-0.15, -0.1) is 0 Å². The minimum absolute atomic E-state index is 0.0156. The molecular weight excluding hydrogens is 240 g/mol. The number of carbonyl (C=O) groups is 1. The monoisotopic (exact) mass is 256 g/mol. The summed E-state index contributed by atoms with van der Waals surface area (Å²) in [7, 11) is 0. The van der Waals surface area contributed by atoms with Crippen molar-refractivity contribution < 1.29 is 9.53 Å². The first-order valence-corrected chi connectivity index (χ1v) is 6.35. The van der Waals surface area contributed by atoms with Crippen LogP contribution in [0.25, 0.3) is 10.9 Å². The second-order valence-electron chi connectivity index (χ2n) is 5.25. The van der Waals surface area contributed by atoms with Crippen molar-refractivity contribution >= 4 is 16.7 Å². The van der Waals surface area contributed by atoms with Gasteiger partial charge in [0.15, 0.2) is 5.78 Å². The number of benzene rings is 1. The zero-order valence-corrected chi connectivity index (χ0v) is 10.8. The summed E-state index contributed by atoms with van der Waals surface area (Å²) in [5.74, 6) is 0.0156. The number of nitrogens with zero attached hydrogens (tertiary/aromatic N) is 1. The Kier molecular flexibility index (Phi) is 2.84. The molecule has 0 amide bonds. The van der Waals surface area contributed by atoms with Crippen molar-refractivity contribution in [1.29, 1.82) is 0 Å². The van der Waals surface area contributed by atoms with Crippen LogP contribution in [0.5, 0.6) is 0 Å². The summed E-state index contributed by atoms with van der Waals surface area (Å²) in [6.07, 6.45) is 1.70. The third kappa shape index (κ3) is 1.84. The highest BCUT2D eigenvalue weighted by Crippen LogP contribution is 2.33. The van der Waals surface area contributed by atoms with Crippen LogP contribution < -0.4 is 5.73 Å². The maximum absolute atomic E-state index is 12.8. The van der Waals surface area contributed by atoms with Crippen LogP contribution in [0, 0.1) is 5.41 Å². The van der Waals surface area contributed by atoms with Gasteiger partial charge in [0.2, 0.25) is 0 Å². The lowest BCUT2D eigenvalue weighted by Gasteiger charge is -2.25. The molecule has 3 rings (SSSR count). The van der Waals surface area contributed by atoms with Crippen molar-refractivity contribution in [3.05, 3.63) is 42.1 Å². The topological polar surface area (TPSA) is 65.2 Å². The van der Waals surface area contributed by atoms with Gasteiger partial charge in [0.25, 0.3) is 0 Å². The molecule has 19 heavy (non-hydrogen) atoms. The molecule has 2 N–H and O–H groups in total. The van der Waals surface area contributed by atoms with Crippen molar-refractivity contribution in [1.82, 2.24) is 4.98 Å². The van der Waals surface area contributed by atoms with Crippen LogP contribution in [-0.2, 0) is 4.74 Å². The average Bonchev–Trinajstić information content (AvgIpc) is 2.78. The second kappa shape index (κ2) is 4.40. The Hall–Kier alpha value is -1.78. The number of hydrogen-bond acceptors (Lipinski definition) is 4. The molecule has 1 aliphatic rings. The van der Waals surface area contributed by atoms with Gasteiger partial charge in [-0.05, 0) is 19.1 Å². The number of pyridine rings is 1. The molecule has 1 aromatic heterocycles. The van der Waals surface area contributed by atoms with Gasteiger partial charge in [-0.1, -0.05) is 18.2 Å². The number of nitrogens with two attached hydrogens (primary N) is 1. The van der Waals surface area contributed by atoms with E-state index in [1.807, 2.05) is 37.3 Å². The normalized spacial score (nSPS) is 26.7. The number of ketones is 1. The highest BCUT2D eigenvalue weighted by molar-refractivity contribution is 6.09. The van der Waals surface area contributed by atoms with E-state index in [1.165, 1.54) is 0 Å². The number of rotatable bonds is 2. The van der Waals surface area contributed by atoms with Crippen LogP contribution in [-0.4, -0.2) is 30.0 Å². The van der Waals surface area contributed by atoms with E-state index in [2.05, 4.69) is 4.98 Å². The summed E-state index contributed by atoms with van der Waals surface area (Å²) in [4.78, 5) is 17.1. The number of ether oxygens (including phenoxy) is 1. The Morgan fingerprint density at radius 2 is 2.21 bits per heavy atom. The largest absolute Gasteiger partial charge is 0.379 e. The van der Waals surface area contributed by atoms with E-state index < -0.39 is 5.41 Å². The maximum Gasteiger partial charge on any atom is 0.174 e. The zero-order chi connectivity index (χ0) is 13.5. The molecule has 0 saturated carbocycles. The van der Waals surface area contributed by atoms with E-state index in [1.54, 1.807) is 6.20 Å². The summed E-state index contributed by atoms with van der Waals surface area (Å²) in [5.41, 5.74) is 6.73. The van der Waals surface area contributed by atoms with Crippen molar-refractivity contribution in [3.63, 3.8) is 0 Å². The highest BCUT2D eigenvalue weighted by Gasteiger charge is 2.44. The molecule has 0 spiro atoms. The van der Waals surface area contributed by atoms with E-state index in [4.69, 9.17) is 10.5 Å². The molecule has 2 aromatic rings. The predicted octanol–water partition coefficient (Wildman–Crippen LogP) is 1.78. The predicted molar refractivity (Wildman–Crippen MR) is 73.0 cm³/mol. The molecule has 0 radical (unpaired) electrons. The van der Waals surface area contributed by atoms with Gasteiger partial charge in [0.05, 0.1) is 24.1 Å². The summed E-state index contributed by atoms with van der Waals surface area (Å²) >= 11 is 0. The lowest BCUT2D eigenvalue weighted by molar-refractivity contribution is 0.0769. The van der Waals surface area contributed by atoms with E-state index in [9.17, 15) is 4.79 Å². The number of hydrogen-bond donors (Lipinski definition) is 1. The van der Waals surface area contributed by atoms with Gasteiger partial charge in [-0.3, -0.25) is 9.78 Å². The number of para-hydroxylation sites is 1. The fourth-order valence-corrected chi connectivity index (χ4v) is 2.52. The Labute approximate surface area is 111 Å². The maximum atomic E-state index is 12.8. The molecule has 1 aliphatic heterocycles. The molecule has 1 saturated heterocycles. The third-order valence-electron chi connectivity index (χ3n) is 3.91. The molecule has 0 aliphatic carbocycles. The van der Waals surface area contributed by atoms with Crippen molar-refractivity contribution in [2.24, 2.45) is 11.1 Å². The minimum Gasteiger partial charge on any atom is -0.379 e. The van der Waals surface area contributed by atoms with Crippen molar-refractivity contribution in [2.75, 3.05) is 13.2 Å². The Balaban J connectivity index is 2.12. The number of Topliss-reactive ketones (excluding diaryl/α,β-unsaturated/α-hetero) is 1. The lowest BCUT2D eigenvalue weighted by Crippen LogP contribution is -2.44. The summed E-state index contributed by atoms with van der Waals surface area (Å²) in [5, 5.41) is 0.962. The van der Waals surface area contributed by atoms with E-state index >= 15 is 0 Å². The quantitative estimate of drug-likeness (QED) is 0.832. The second-order valence-corrected chi connectivity index (χ2v) is 5.25.